The van der Waals surface area contributed by atoms with E-state index in [0.29, 0.717) is 12.1 Å². The molecule has 1 rings (SSSR count). The van der Waals surface area contributed by atoms with Crippen molar-refractivity contribution in [1.29, 1.82) is 0 Å². The first kappa shape index (κ1) is 17.5. The lowest BCUT2D eigenvalue weighted by Crippen LogP contribution is -2.30. The molecule has 1 aromatic carbocycles. The molecule has 2 nitrogen and oxygen atoms in total. The van der Waals surface area contributed by atoms with E-state index in [1.807, 2.05) is 0 Å². The second-order valence-electron chi connectivity index (χ2n) is 5.46. The van der Waals surface area contributed by atoms with Crippen LogP contribution in [0, 0.1) is 0 Å². The fourth-order valence-electron chi connectivity index (χ4n) is 2.60. The Kier molecular flexibility index (Phi) is 7.60. The minimum absolute atomic E-state index is 0.386. The Bertz CT molecular complexity index is 402. The van der Waals surface area contributed by atoms with E-state index < -0.39 is 0 Å². The normalized spacial score (nSPS) is 12.8. The highest BCUT2D eigenvalue weighted by Crippen LogP contribution is 2.29. The smallest absolute Gasteiger partial charge is 0.0377 e. The highest BCUT2D eigenvalue weighted by Gasteiger charge is 2.14. The molecule has 1 aromatic rings. The zero-order valence-electron chi connectivity index (χ0n) is 13.5. The van der Waals surface area contributed by atoms with Crippen molar-refractivity contribution in [1.82, 2.24) is 5.32 Å². The van der Waals surface area contributed by atoms with Gasteiger partial charge in [-0.2, -0.15) is 0 Å². The largest absolute Gasteiger partial charge is 0.372 e. The summed E-state index contributed by atoms with van der Waals surface area (Å²) in [6.07, 6.45) is 3.53. The van der Waals surface area contributed by atoms with Crippen molar-refractivity contribution in [2.45, 2.75) is 59.0 Å². The quantitative estimate of drug-likeness (QED) is 0.705. The molecule has 0 aromatic heterocycles. The maximum atomic E-state index is 3.73. The van der Waals surface area contributed by atoms with E-state index >= 15 is 0 Å². The number of nitrogens with one attached hydrogen (secondary N) is 1. The molecule has 1 unspecified atom stereocenters. The molecule has 0 saturated heterocycles. The molecule has 0 bridgehead atoms. The molecule has 3 heteroatoms. The van der Waals surface area contributed by atoms with Gasteiger partial charge in [0.2, 0.25) is 0 Å². The van der Waals surface area contributed by atoms with Gasteiger partial charge in [0.05, 0.1) is 0 Å². The van der Waals surface area contributed by atoms with E-state index in [2.05, 4.69) is 79.1 Å². The van der Waals surface area contributed by atoms with E-state index in [4.69, 9.17) is 0 Å². The predicted molar refractivity (Wildman–Crippen MR) is 93.6 cm³/mol. The Morgan fingerprint density at radius 1 is 1.20 bits per heavy atom. The summed E-state index contributed by atoms with van der Waals surface area (Å²) in [6.45, 7) is 9.99. The molecule has 1 N–H and O–H groups in total. The number of rotatable bonds is 8. The van der Waals surface area contributed by atoms with Gasteiger partial charge in [-0.15, -0.1) is 0 Å². The summed E-state index contributed by atoms with van der Waals surface area (Å²) in [5.41, 5.74) is 2.62. The van der Waals surface area contributed by atoms with Crippen molar-refractivity contribution in [2.75, 3.05) is 18.5 Å². The van der Waals surface area contributed by atoms with Crippen molar-refractivity contribution in [3.63, 3.8) is 0 Å². The van der Waals surface area contributed by atoms with Crippen molar-refractivity contribution in [3.8, 4) is 0 Å². The SMILES string of the molecule is CCCNC(C)c1ccc(N(C)C(CC)CC)cc1Br. The number of benzene rings is 1. The molecule has 0 heterocycles. The maximum Gasteiger partial charge on any atom is 0.0377 e. The van der Waals surface area contributed by atoms with Crippen LogP contribution in [0.2, 0.25) is 0 Å². The molecule has 0 aliphatic rings. The summed E-state index contributed by atoms with van der Waals surface area (Å²) in [5.74, 6) is 0. The van der Waals surface area contributed by atoms with Crippen LogP contribution in [0.15, 0.2) is 22.7 Å². The summed E-state index contributed by atoms with van der Waals surface area (Å²) in [7, 11) is 2.19. The van der Waals surface area contributed by atoms with Crippen LogP contribution < -0.4 is 10.2 Å². The van der Waals surface area contributed by atoms with Crippen LogP contribution in [0.25, 0.3) is 0 Å². The summed E-state index contributed by atoms with van der Waals surface area (Å²) in [6, 6.07) is 7.73. The van der Waals surface area contributed by atoms with Gasteiger partial charge in [-0.05, 0) is 50.4 Å². The molecule has 20 heavy (non-hydrogen) atoms. The summed E-state index contributed by atoms with van der Waals surface area (Å²) in [5, 5.41) is 3.54. The molecule has 0 amide bonds. The molecule has 0 aliphatic heterocycles. The van der Waals surface area contributed by atoms with Crippen LogP contribution in [0.4, 0.5) is 5.69 Å². The minimum atomic E-state index is 0.386. The van der Waals surface area contributed by atoms with E-state index in [-0.39, 0.29) is 0 Å². The van der Waals surface area contributed by atoms with E-state index in [9.17, 15) is 0 Å². The average Bonchev–Trinajstić information content (AvgIpc) is 2.45. The van der Waals surface area contributed by atoms with Gasteiger partial charge in [0, 0.05) is 29.3 Å². The summed E-state index contributed by atoms with van der Waals surface area (Å²) >= 11 is 3.73. The molecule has 0 aliphatic carbocycles. The van der Waals surface area contributed by atoms with Crippen molar-refractivity contribution >= 4 is 21.6 Å². The first-order valence-electron chi connectivity index (χ1n) is 7.80. The molecule has 0 spiro atoms. The van der Waals surface area contributed by atoms with E-state index in [0.717, 1.165) is 13.0 Å². The van der Waals surface area contributed by atoms with Gasteiger partial charge in [-0.25, -0.2) is 0 Å². The number of halogens is 1. The van der Waals surface area contributed by atoms with Gasteiger partial charge in [0.15, 0.2) is 0 Å². The monoisotopic (exact) mass is 340 g/mol. The Balaban J connectivity index is 2.87. The van der Waals surface area contributed by atoms with Gasteiger partial charge in [-0.1, -0.05) is 42.8 Å². The maximum absolute atomic E-state index is 3.73. The van der Waals surface area contributed by atoms with Crippen LogP contribution >= 0.6 is 15.9 Å². The molecule has 0 saturated carbocycles. The number of anilines is 1. The molecule has 1 atom stereocenters. The zero-order chi connectivity index (χ0) is 15.1. The molecule has 114 valence electrons. The first-order valence-corrected chi connectivity index (χ1v) is 8.60. The van der Waals surface area contributed by atoms with E-state index in [1.165, 1.54) is 28.6 Å². The van der Waals surface area contributed by atoms with Crippen LogP contribution in [0.3, 0.4) is 0 Å². The lowest BCUT2D eigenvalue weighted by atomic mass is 10.1. The van der Waals surface area contributed by atoms with Crippen molar-refractivity contribution < 1.29 is 0 Å². The van der Waals surface area contributed by atoms with Gasteiger partial charge in [-0.3, -0.25) is 0 Å². The van der Waals surface area contributed by atoms with Gasteiger partial charge in [0.25, 0.3) is 0 Å². The standard InChI is InChI=1S/C17H29BrN2/c1-6-11-19-13(4)16-10-9-15(12-17(16)18)20(5)14(7-2)8-3/h9-10,12-14,19H,6-8,11H2,1-5H3. The topological polar surface area (TPSA) is 15.3 Å². The first-order chi connectivity index (χ1) is 9.54. The Morgan fingerprint density at radius 2 is 1.85 bits per heavy atom. The molecule has 0 radical (unpaired) electrons. The average molecular weight is 341 g/mol. The lowest BCUT2D eigenvalue weighted by molar-refractivity contribution is 0.568. The number of hydrogen-bond acceptors (Lipinski definition) is 2. The number of nitrogens with zero attached hydrogens (tertiary/aromatic N) is 1. The van der Waals surface area contributed by atoms with E-state index in [1.54, 1.807) is 0 Å². The minimum Gasteiger partial charge on any atom is -0.372 e. The second-order valence-corrected chi connectivity index (χ2v) is 6.32. The third kappa shape index (κ3) is 4.49. The summed E-state index contributed by atoms with van der Waals surface area (Å²) < 4.78 is 1.20. The molecule has 0 fully saturated rings. The van der Waals surface area contributed by atoms with Crippen LogP contribution in [-0.2, 0) is 0 Å². The van der Waals surface area contributed by atoms with Crippen LogP contribution in [0.5, 0.6) is 0 Å². The fourth-order valence-corrected chi connectivity index (χ4v) is 3.31. The van der Waals surface area contributed by atoms with Crippen molar-refractivity contribution in [2.24, 2.45) is 0 Å². The van der Waals surface area contributed by atoms with Gasteiger partial charge < -0.3 is 10.2 Å². The predicted octanol–water partition coefficient (Wildman–Crippen LogP) is 5.13. The number of hydrogen-bond donors (Lipinski definition) is 1. The highest BCUT2D eigenvalue weighted by molar-refractivity contribution is 9.10. The van der Waals surface area contributed by atoms with Gasteiger partial charge in [0.1, 0.15) is 0 Å². The second kappa shape index (κ2) is 8.68. The summed E-state index contributed by atoms with van der Waals surface area (Å²) in [4.78, 5) is 2.39. The highest BCUT2D eigenvalue weighted by atomic mass is 79.9. The third-order valence-electron chi connectivity index (χ3n) is 4.05. The molecular weight excluding hydrogens is 312 g/mol. The van der Waals surface area contributed by atoms with Gasteiger partial charge >= 0.3 is 0 Å². The lowest BCUT2D eigenvalue weighted by Gasteiger charge is -2.29. The van der Waals surface area contributed by atoms with Crippen LogP contribution in [-0.4, -0.2) is 19.6 Å². The zero-order valence-corrected chi connectivity index (χ0v) is 15.1. The Labute approximate surface area is 133 Å². The fraction of sp³-hybridized carbons (Fsp3) is 0.647. The Morgan fingerprint density at radius 3 is 2.35 bits per heavy atom. The molecular formula is C17H29BrN2. The Hall–Kier alpha value is -0.540. The van der Waals surface area contributed by atoms with Crippen molar-refractivity contribution in [3.05, 3.63) is 28.2 Å². The van der Waals surface area contributed by atoms with Crippen LogP contribution in [0.1, 0.15) is 58.6 Å². The third-order valence-corrected chi connectivity index (χ3v) is 4.74.